The average molecular weight is 321 g/mol. The Morgan fingerprint density at radius 3 is 2.48 bits per heavy atom. The molecule has 0 heterocycles. The van der Waals surface area contributed by atoms with E-state index in [1.165, 1.54) is 4.90 Å². The first kappa shape index (κ1) is 15.7. The SMILES string of the molecule is CSc1ccc(C(C)Nc2cc(C(N)=O)ccc2Cl)cc1. The fraction of sp³-hybridized carbons (Fsp3) is 0.188. The molecule has 0 fully saturated rings. The summed E-state index contributed by atoms with van der Waals surface area (Å²) in [4.78, 5) is 12.5. The largest absolute Gasteiger partial charge is 0.377 e. The van der Waals surface area contributed by atoms with Crippen molar-refractivity contribution < 1.29 is 4.79 Å². The third-order valence-electron chi connectivity index (χ3n) is 3.24. The van der Waals surface area contributed by atoms with Crippen LogP contribution in [-0.4, -0.2) is 12.2 Å². The van der Waals surface area contributed by atoms with Gasteiger partial charge in [0.15, 0.2) is 0 Å². The lowest BCUT2D eigenvalue weighted by Gasteiger charge is -2.17. The van der Waals surface area contributed by atoms with Crippen molar-refractivity contribution in [1.82, 2.24) is 0 Å². The molecule has 0 aliphatic carbocycles. The van der Waals surface area contributed by atoms with Gasteiger partial charge in [-0.15, -0.1) is 11.8 Å². The first-order valence-electron chi connectivity index (χ1n) is 6.51. The lowest BCUT2D eigenvalue weighted by molar-refractivity contribution is 0.100. The summed E-state index contributed by atoms with van der Waals surface area (Å²) in [7, 11) is 0. The number of halogens is 1. The summed E-state index contributed by atoms with van der Waals surface area (Å²) in [6.07, 6.45) is 2.05. The highest BCUT2D eigenvalue weighted by Crippen LogP contribution is 2.28. The van der Waals surface area contributed by atoms with Gasteiger partial charge in [-0.2, -0.15) is 0 Å². The van der Waals surface area contributed by atoms with Gasteiger partial charge in [-0.25, -0.2) is 0 Å². The lowest BCUT2D eigenvalue weighted by atomic mass is 10.1. The Morgan fingerprint density at radius 1 is 1.24 bits per heavy atom. The quantitative estimate of drug-likeness (QED) is 0.806. The minimum atomic E-state index is -0.466. The van der Waals surface area contributed by atoms with E-state index in [4.69, 9.17) is 17.3 Å². The van der Waals surface area contributed by atoms with Gasteiger partial charge < -0.3 is 11.1 Å². The van der Waals surface area contributed by atoms with Crippen molar-refractivity contribution in [2.75, 3.05) is 11.6 Å². The van der Waals surface area contributed by atoms with Crippen LogP contribution in [0.15, 0.2) is 47.4 Å². The van der Waals surface area contributed by atoms with Crippen LogP contribution in [0.2, 0.25) is 5.02 Å². The Kier molecular flexibility index (Phi) is 5.15. The number of anilines is 1. The first-order valence-corrected chi connectivity index (χ1v) is 8.11. The molecule has 5 heteroatoms. The Balaban J connectivity index is 2.19. The second kappa shape index (κ2) is 6.87. The molecule has 2 aromatic carbocycles. The van der Waals surface area contributed by atoms with Crippen LogP contribution < -0.4 is 11.1 Å². The minimum Gasteiger partial charge on any atom is -0.377 e. The van der Waals surface area contributed by atoms with E-state index in [0.29, 0.717) is 16.3 Å². The number of nitrogens with one attached hydrogen (secondary N) is 1. The normalized spacial score (nSPS) is 12.0. The average Bonchev–Trinajstić information content (AvgIpc) is 2.49. The summed E-state index contributed by atoms with van der Waals surface area (Å²) in [6.45, 7) is 2.04. The molecule has 2 aromatic rings. The molecule has 2 rings (SSSR count). The van der Waals surface area contributed by atoms with E-state index in [9.17, 15) is 4.79 Å². The fourth-order valence-electron chi connectivity index (χ4n) is 2.00. The zero-order chi connectivity index (χ0) is 15.4. The van der Waals surface area contributed by atoms with Crippen molar-refractivity contribution in [3.63, 3.8) is 0 Å². The minimum absolute atomic E-state index is 0.0709. The number of thioether (sulfide) groups is 1. The van der Waals surface area contributed by atoms with Crippen molar-refractivity contribution >= 4 is 35.0 Å². The van der Waals surface area contributed by atoms with Gasteiger partial charge in [0, 0.05) is 16.5 Å². The van der Waals surface area contributed by atoms with Gasteiger partial charge in [-0.3, -0.25) is 4.79 Å². The number of rotatable bonds is 5. The summed E-state index contributed by atoms with van der Waals surface area (Å²) in [5.74, 6) is -0.466. The molecule has 21 heavy (non-hydrogen) atoms. The highest BCUT2D eigenvalue weighted by molar-refractivity contribution is 7.98. The third kappa shape index (κ3) is 3.93. The van der Waals surface area contributed by atoms with Crippen LogP contribution in [-0.2, 0) is 0 Å². The smallest absolute Gasteiger partial charge is 0.248 e. The standard InChI is InChI=1S/C16H17ClN2OS/c1-10(11-3-6-13(21-2)7-4-11)19-15-9-12(16(18)20)5-8-14(15)17/h3-10,19H,1-2H3,(H2,18,20). The summed E-state index contributed by atoms with van der Waals surface area (Å²) in [5.41, 5.74) is 7.58. The Bertz CT molecular complexity index is 643. The van der Waals surface area contributed by atoms with E-state index in [-0.39, 0.29) is 6.04 Å². The predicted molar refractivity (Wildman–Crippen MR) is 90.2 cm³/mol. The summed E-state index contributed by atoms with van der Waals surface area (Å²) < 4.78 is 0. The lowest BCUT2D eigenvalue weighted by Crippen LogP contribution is -2.12. The van der Waals surface area contributed by atoms with E-state index in [2.05, 4.69) is 29.6 Å². The Morgan fingerprint density at radius 2 is 1.90 bits per heavy atom. The second-order valence-electron chi connectivity index (χ2n) is 4.70. The monoisotopic (exact) mass is 320 g/mol. The maximum absolute atomic E-state index is 11.2. The first-order chi connectivity index (χ1) is 10.0. The van der Waals surface area contributed by atoms with E-state index >= 15 is 0 Å². The van der Waals surface area contributed by atoms with Crippen LogP contribution in [0, 0.1) is 0 Å². The van der Waals surface area contributed by atoms with Crippen LogP contribution in [0.4, 0.5) is 5.69 Å². The van der Waals surface area contributed by atoms with Crippen LogP contribution >= 0.6 is 23.4 Å². The Hall–Kier alpha value is -1.65. The van der Waals surface area contributed by atoms with Gasteiger partial charge in [0.2, 0.25) is 5.91 Å². The summed E-state index contributed by atoms with van der Waals surface area (Å²) >= 11 is 7.87. The number of hydrogen-bond acceptors (Lipinski definition) is 3. The molecule has 0 aliphatic heterocycles. The molecule has 1 unspecified atom stereocenters. The van der Waals surface area contributed by atoms with Crippen molar-refractivity contribution in [3.05, 3.63) is 58.6 Å². The number of carbonyl (C=O) groups excluding carboxylic acids is 1. The maximum atomic E-state index is 11.2. The topological polar surface area (TPSA) is 55.1 Å². The zero-order valence-electron chi connectivity index (χ0n) is 11.9. The van der Waals surface area contributed by atoms with E-state index < -0.39 is 5.91 Å². The fourth-order valence-corrected chi connectivity index (χ4v) is 2.58. The van der Waals surface area contributed by atoms with Crippen molar-refractivity contribution in [3.8, 4) is 0 Å². The molecule has 0 bridgehead atoms. The van der Waals surface area contributed by atoms with Crippen molar-refractivity contribution in [2.24, 2.45) is 5.73 Å². The zero-order valence-corrected chi connectivity index (χ0v) is 13.5. The summed E-state index contributed by atoms with van der Waals surface area (Å²) in [6, 6.07) is 13.4. The molecule has 0 aliphatic rings. The van der Waals surface area contributed by atoms with Crippen LogP contribution in [0.1, 0.15) is 28.9 Å². The molecule has 0 spiro atoms. The van der Waals surface area contributed by atoms with Gasteiger partial charge in [-0.05, 0) is 49.1 Å². The molecule has 3 nitrogen and oxygen atoms in total. The number of amides is 1. The number of nitrogens with two attached hydrogens (primary N) is 1. The van der Waals surface area contributed by atoms with Crippen LogP contribution in [0.5, 0.6) is 0 Å². The third-order valence-corrected chi connectivity index (χ3v) is 4.31. The molecule has 1 atom stereocenters. The number of primary amides is 1. The maximum Gasteiger partial charge on any atom is 0.248 e. The molecule has 0 radical (unpaired) electrons. The van der Waals surface area contributed by atoms with Crippen molar-refractivity contribution in [1.29, 1.82) is 0 Å². The molecule has 1 amide bonds. The van der Waals surface area contributed by atoms with E-state index in [1.807, 2.05) is 13.2 Å². The van der Waals surface area contributed by atoms with Gasteiger partial charge in [0.05, 0.1) is 10.7 Å². The highest BCUT2D eigenvalue weighted by atomic mass is 35.5. The van der Waals surface area contributed by atoms with Gasteiger partial charge >= 0.3 is 0 Å². The number of carbonyl (C=O) groups is 1. The van der Waals surface area contributed by atoms with E-state index in [1.54, 1.807) is 30.0 Å². The molecule has 3 N–H and O–H groups in total. The number of benzene rings is 2. The van der Waals surface area contributed by atoms with Gasteiger partial charge in [0.25, 0.3) is 0 Å². The van der Waals surface area contributed by atoms with Crippen LogP contribution in [0.3, 0.4) is 0 Å². The van der Waals surface area contributed by atoms with Crippen LogP contribution in [0.25, 0.3) is 0 Å². The Labute approximate surface area is 133 Å². The molecule has 0 saturated carbocycles. The highest BCUT2D eigenvalue weighted by Gasteiger charge is 2.10. The molecule has 0 aromatic heterocycles. The van der Waals surface area contributed by atoms with Gasteiger partial charge in [-0.1, -0.05) is 23.7 Å². The molecular weight excluding hydrogens is 304 g/mol. The number of hydrogen-bond donors (Lipinski definition) is 2. The predicted octanol–water partition coefficient (Wildman–Crippen LogP) is 4.33. The van der Waals surface area contributed by atoms with Gasteiger partial charge in [0.1, 0.15) is 0 Å². The van der Waals surface area contributed by atoms with Crippen molar-refractivity contribution in [2.45, 2.75) is 17.9 Å². The summed E-state index contributed by atoms with van der Waals surface area (Å²) in [5, 5.41) is 3.88. The molecule has 110 valence electrons. The second-order valence-corrected chi connectivity index (χ2v) is 5.98. The molecular formula is C16H17ClN2OS. The molecule has 0 saturated heterocycles. The van der Waals surface area contributed by atoms with E-state index in [0.717, 1.165) is 5.56 Å².